The molecule has 0 fully saturated rings. The second-order valence-electron chi connectivity index (χ2n) is 2.31. The lowest BCUT2D eigenvalue weighted by atomic mass is 10.1. The first kappa shape index (κ1) is 10.7. The predicted molar refractivity (Wildman–Crippen MR) is 57.0 cm³/mol. The van der Waals surface area contributed by atoms with Crippen molar-refractivity contribution in [1.82, 2.24) is 0 Å². The average molecular weight is 160 g/mol. The van der Waals surface area contributed by atoms with Crippen molar-refractivity contribution in [3.05, 3.63) is 60.8 Å². The van der Waals surface area contributed by atoms with Crippen LogP contribution in [0.1, 0.15) is 13.8 Å². The quantitative estimate of drug-likeness (QED) is 0.549. The molecule has 0 aliphatic rings. The molecule has 0 spiro atoms. The van der Waals surface area contributed by atoms with Gasteiger partial charge < -0.3 is 0 Å². The Morgan fingerprint density at radius 3 is 2.08 bits per heavy atom. The molecule has 0 bridgehead atoms. The van der Waals surface area contributed by atoms with Gasteiger partial charge >= 0.3 is 0 Å². The smallest absolute Gasteiger partial charge is 0.0194 e. The van der Waals surface area contributed by atoms with Crippen LogP contribution in [-0.2, 0) is 0 Å². The van der Waals surface area contributed by atoms with Crippen LogP contribution in [0.15, 0.2) is 60.8 Å². The van der Waals surface area contributed by atoms with Gasteiger partial charge in [-0.15, -0.1) is 0 Å². The molecule has 0 aliphatic carbocycles. The van der Waals surface area contributed by atoms with Crippen LogP contribution in [0.25, 0.3) is 0 Å². The van der Waals surface area contributed by atoms with Gasteiger partial charge in [0.25, 0.3) is 0 Å². The van der Waals surface area contributed by atoms with Crippen molar-refractivity contribution < 1.29 is 0 Å². The standard InChI is InChI=1S/C12H16/c1-5-9-11(7-3)12(8-4)10-6-2/h5-10H,1,3H2,2,4H3/b10-6-,11-9-,12-8?. The van der Waals surface area contributed by atoms with Crippen molar-refractivity contribution in [2.45, 2.75) is 13.8 Å². The Balaban J connectivity index is 4.81. The monoisotopic (exact) mass is 160 g/mol. The van der Waals surface area contributed by atoms with Crippen molar-refractivity contribution in [2.24, 2.45) is 0 Å². The largest absolute Gasteiger partial charge is 0.0990 e. The summed E-state index contributed by atoms with van der Waals surface area (Å²) in [6, 6.07) is 0. The molecule has 0 heteroatoms. The lowest BCUT2D eigenvalue weighted by Gasteiger charge is -2.00. The molecule has 0 N–H and O–H groups in total. The third-order valence-electron chi connectivity index (χ3n) is 1.51. The van der Waals surface area contributed by atoms with Crippen molar-refractivity contribution in [1.29, 1.82) is 0 Å². The van der Waals surface area contributed by atoms with Gasteiger partial charge in [-0.05, 0) is 25.0 Å². The topological polar surface area (TPSA) is 0 Å². The van der Waals surface area contributed by atoms with E-state index in [-0.39, 0.29) is 0 Å². The second-order valence-corrected chi connectivity index (χ2v) is 2.31. The number of hydrogen-bond acceptors (Lipinski definition) is 0. The summed E-state index contributed by atoms with van der Waals surface area (Å²) in [5.74, 6) is 0. The summed E-state index contributed by atoms with van der Waals surface area (Å²) in [7, 11) is 0. The molecule has 0 amide bonds. The molecule has 0 saturated heterocycles. The maximum Gasteiger partial charge on any atom is -0.0194 e. The number of rotatable bonds is 4. The highest BCUT2D eigenvalue weighted by molar-refractivity contribution is 5.46. The van der Waals surface area contributed by atoms with Crippen molar-refractivity contribution in [3.8, 4) is 0 Å². The van der Waals surface area contributed by atoms with E-state index in [4.69, 9.17) is 0 Å². The van der Waals surface area contributed by atoms with Gasteiger partial charge in [-0.25, -0.2) is 0 Å². The highest BCUT2D eigenvalue weighted by Gasteiger charge is 1.92. The molecule has 12 heavy (non-hydrogen) atoms. The summed E-state index contributed by atoms with van der Waals surface area (Å²) < 4.78 is 0. The van der Waals surface area contributed by atoms with E-state index >= 15 is 0 Å². The minimum Gasteiger partial charge on any atom is -0.0990 e. The molecule has 0 aromatic rings. The normalized spacial score (nSPS) is 13.5. The van der Waals surface area contributed by atoms with Gasteiger partial charge in [-0.2, -0.15) is 0 Å². The van der Waals surface area contributed by atoms with Crippen molar-refractivity contribution >= 4 is 0 Å². The van der Waals surface area contributed by atoms with Crippen LogP contribution in [0.4, 0.5) is 0 Å². The Morgan fingerprint density at radius 1 is 1.08 bits per heavy atom. The van der Waals surface area contributed by atoms with Crippen LogP contribution in [0.3, 0.4) is 0 Å². The molecular formula is C12H16. The molecular weight excluding hydrogens is 144 g/mol. The van der Waals surface area contributed by atoms with Crippen LogP contribution in [-0.4, -0.2) is 0 Å². The number of hydrogen-bond donors (Lipinski definition) is 0. The van der Waals surface area contributed by atoms with Gasteiger partial charge in [0.15, 0.2) is 0 Å². The van der Waals surface area contributed by atoms with E-state index in [2.05, 4.69) is 25.3 Å². The first-order valence-corrected chi connectivity index (χ1v) is 4.04. The summed E-state index contributed by atoms with van der Waals surface area (Å²) in [4.78, 5) is 0. The maximum atomic E-state index is 3.74. The first-order valence-electron chi connectivity index (χ1n) is 4.04. The third kappa shape index (κ3) is 3.20. The zero-order chi connectivity index (χ0) is 9.40. The predicted octanol–water partition coefficient (Wildman–Crippen LogP) is 3.81. The van der Waals surface area contributed by atoms with E-state index in [1.54, 1.807) is 6.08 Å². The minimum atomic E-state index is 1.10. The third-order valence-corrected chi connectivity index (χ3v) is 1.51. The fourth-order valence-corrected chi connectivity index (χ4v) is 0.948. The van der Waals surface area contributed by atoms with Gasteiger partial charge in [-0.1, -0.05) is 49.6 Å². The SMILES string of the molecule is C=C/C=C(/C=C)C(=CC)/C=C\C. The van der Waals surface area contributed by atoms with Crippen LogP contribution < -0.4 is 0 Å². The van der Waals surface area contributed by atoms with E-state index in [1.807, 2.05) is 32.1 Å². The van der Waals surface area contributed by atoms with Gasteiger partial charge in [0.2, 0.25) is 0 Å². The molecule has 0 nitrogen and oxygen atoms in total. The fourth-order valence-electron chi connectivity index (χ4n) is 0.948. The highest BCUT2D eigenvalue weighted by Crippen LogP contribution is 2.12. The molecule has 0 rings (SSSR count). The van der Waals surface area contributed by atoms with Crippen molar-refractivity contribution in [3.63, 3.8) is 0 Å². The van der Waals surface area contributed by atoms with E-state index in [0.29, 0.717) is 0 Å². The van der Waals surface area contributed by atoms with Crippen LogP contribution in [0.5, 0.6) is 0 Å². The Labute approximate surface area is 75.3 Å². The first-order chi connectivity index (χ1) is 5.79. The Morgan fingerprint density at radius 2 is 1.75 bits per heavy atom. The Hall–Kier alpha value is -1.30. The lowest BCUT2D eigenvalue weighted by Crippen LogP contribution is -1.80. The molecule has 0 aromatic heterocycles. The zero-order valence-corrected chi connectivity index (χ0v) is 7.88. The summed E-state index contributed by atoms with van der Waals surface area (Å²) in [5.41, 5.74) is 2.28. The van der Waals surface area contributed by atoms with Gasteiger partial charge in [0.1, 0.15) is 0 Å². The van der Waals surface area contributed by atoms with E-state index in [9.17, 15) is 0 Å². The Bertz CT molecular complexity index is 237. The fraction of sp³-hybridized carbons (Fsp3) is 0.167. The lowest BCUT2D eigenvalue weighted by molar-refractivity contribution is 1.49. The van der Waals surface area contributed by atoms with Crippen molar-refractivity contribution in [2.75, 3.05) is 0 Å². The summed E-state index contributed by atoms with van der Waals surface area (Å²) in [5, 5.41) is 0. The number of allylic oxidation sites excluding steroid dienone is 8. The molecule has 0 aliphatic heterocycles. The molecule has 0 unspecified atom stereocenters. The van der Waals surface area contributed by atoms with Gasteiger partial charge in [0.05, 0.1) is 0 Å². The van der Waals surface area contributed by atoms with Crippen LogP contribution in [0, 0.1) is 0 Å². The summed E-state index contributed by atoms with van der Waals surface area (Å²) >= 11 is 0. The van der Waals surface area contributed by atoms with E-state index < -0.39 is 0 Å². The maximum absolute atomic E-state index is 3.74. The zero-order valence-electron chi connectivity index (χ0n) is 7.88. The molecule has 0 saturated carbocycles. The second kappa shape index (κ2) is 6.41. The molecule has 0 atom stereocenters. The van der Waals surface area contributed by atoms with Gasteiger partial charge in [0, 0.05) is 0 Å². The molecule has 0 radical (unpaired) electrons. The molecule has 0 heterocycles. The minimum absolute atomic E-state index is 1.10. The van der Waals surface area contributed by atoms with Gasteiger partial charge in [-0.3, -0.25) is 0 Å². The summed E-state index contributed by atoms with van der Waals surface area (Å²) in [6.45, 7) is 11.4. The van der Waals surface area contributed by atoms with E-state index in [0.717, 1.165) is 5.57 Å². The van der Waals surface area contributed by atoms with Crippen LogP contribution in [0.2, 0.25) is 0 Å². The van der Waals surface area contributed by atoms with Crippen LogP contribution >= 0.6 is 0 Å². The van der Waals surface area contributed by atoms with E-state index in [1.165, 1.54) is 5.57 Å². The summed E-state index contributed by atoms with van der Waals surface area (Å²) in [6.07, 6.45) is 11.7. The molecule has 64 valence electrons. The average Bonchev–Trinajstić information content (AvgIpc) is 2.11. The molecule has 0 aromatic carbocycles. The Kier molecular flexibility index (Phi) is 5.72. The highest BCUT2D eigenvalue weighted by atomic mass is 14.0.